The van der Waals surface area contributed by atoms with Crippen LogP contribution in [0.25, 0.3) is 0 Å². The third kappa shape index (κ3) is 1.98. The second-order valence-electron chi connectivity index (χ2n) is 2.52. The molecule has 3 nitrogen and oxygen atoms in total. The Kier molecular flexibility index (Phi) is 3.22. The number of carboxylic acids is 1. The van der Waals surface area contributed by atoms with Crippen LogP contribution in [0, 0.1) is 0 Å². The molecular formula is C8H8Cl2O3. The SMILES string of the molecule is COC1=C(Cl)CCC(Cl)=C1C(=O)O. The van der Waals surface area contributed by atoms with Gasteiger partial charge in [0.2, 0.25) is 0 Å². The van der Waals surface area contributed by atoms with Crippen molar-refractivity contribution in [1.82, 2.24) is 0 Å². The van der Waals surface area contributed by atoms with E-state index in [1.54, 1.807) is 0 Å². The Labute approximate surface area is 85.6 Å². The fraction of sp³-hybridized carbons (Fsp3) is 0.375. The second-order valence-corrected chi connectivity index (χ2v) is 3.44. The summed E-state index contributed by atoms with van der Waals surface area (Å²) in [5.41, 5.74) is -0.0274. The van der Waals surface area contributed by atoms with Crippen molar-refractivity contribution in [3.63, 3.8) is 0 Å². The summed E-state index contributed by atoms with van der Waals surface area (Å²) in [5, 5.41) is 9.51. The molecule has 0 spiro atoms. The van der Waals surface area contributed by atoms with E-state index in [0.717, 1.165) is 0 Å². The lowest BCUT2D eigenvalue weighted by atomic mass is 10.0. The molecule has 1 N–H and O–H groups in total. The number of aliphatic carboxylic acids is 1. The Balaban J connectivity index is 3.18. The number of carbonyl (C=O) groups is 1. The van der Waals surface area contributed by atoms with Crippen molar-refractivity contribution in [2.45, 2.75) is 12.8 Å². The smallest absolute Gasteiger partial charge is 0.340 e. The number of halogens is 2. The van der Waals surface area contributed by atoms with Crippen LogP contribution in [0.2, 0.25) is 0 Å². The van der Waals surface area contributed by atoms with E-state index in [1.165, 1.54) is 7.11 Å². The van der Waals surface area contributed by atoms with E-state index in [2.05, 4.69) is 0 Å². The molecule has 0 heterocycles. The first kappa shape index (κ1) is 10.4. The summed E-state index contributed by atoms with van der Waals surface area (Å²) in [5.74, 6) is -0.940. The van der Waals surface area contributed by atoms with Crippen molar-refractivity contribution in [2.24, 2.45) is 0 Å². The minimum atomic E-state index is -1.11. The minimum Gasteiger partial charge on any atom is -0.495 e. The van der Waals surface area contributed by atoms with Crippen molar-refractivity contribution in [3.8, 4) is 0 Å². The van der Waals surface area contributed by atoms with Gasteiger partial charge in [0.05, 0.1) is 12.1 Å². The molecule has 5 heteroatoms. The maximum atomic E-state index is 10.8. The van der Waals surface area contributed by atoms with E-state index in [4.69, 9.17) is 33.0 Å². The first-order chi connectivity index (χ1) is 6.07. The number of hydrogen-bond donors (Lipinski definition) is 1. The zero-order valence-electron chi connectivity index (χ0n) is 6.93. The third-order valence-electron chi connectivity index (χ3n) is 1.73. The van der Waals surface area contributed by atoms with E-state index in [-0.39, 0.29) is 16.4 Å². The molecule has 0 aliphatic heterocycles. The van der Waals surface area contributed by atoms with Gasteiger partial charge in [0.25, 0.3) is 0 Å². The summed E-state index contributed by atoms with van der Waals surface area (Å²) in [6.45, 7) is 0. The van der Waals surface area contributed by atoms with Crippen molar-refractivity contribution in [2.75, 3.05) is 7.11 Å². The normalized spacial score (nSPS) is 17.8. The summed E-state index contributed by atoms with van der Waals surface area (Å²) in [6.07, 6.45) is 0.981. The molecule has 0 radical (unpaired) electrons. The molecule has 1 aliphatic carbocycles. The lowest BCUT2D eigenvalue weighted by molar-refractivity contribution is -0.132. The topological polar surface area (TPSA) is 46.5 Å². The molecular weight excluding hydrogens is 215 g/mol. The molecule has 0 saturated carbocycles. The van der Waals surface area contributed by atoms with Crippen molar-refractivity contribution in [1.29, 1.82) is 0 Å². The maximum Gasteiger partial charge on any atom is 0.340 e. The van der Waals surface area contributed by atoms with E-state index in [9.17, 15) is 4.79 Å². The molecule has 1 rings (SSSR count). The van der Waals surface area contributed by atoms with Crippen LogP contribution in [0.3, 0.4) is 0 Å². The molecule has 0 fully saturated rings. The molecule has 0 aromatic carbocycles. The van der Waals surface area contributed by atoms with Crippen molar-refractivity contribution in [3.05, 3.63) is 21.4 Å². The minimum absolute atomic E-state index is 0.0274. The van der Waals surface area contributed by atoms with Gasteiger partial charge in [0.1, 0.15) is 11.3 Å². The highest BCUT2D eigenvalue weighted by Gasteiger charge is 2.25. The standard InChI is InChI=1S/C8H8Cl2O3/c1-13-7-5(10)3-2-4(9)6(7)8(11)12/h2-3H2,1H3,(H,11,12). The van der Waals surface area contributed by atoms with E-state index in [1.807, 2.05) is 0 Å². The van der Waals surface area contributed by atoms with E-state index >= 15 is 0 Å². The van der Waals surface area contributed by atoms with Crippen LogP contribution in [0.1, 0.15) is 12.8 Å². The van der Waals surface area contributed by atoms with Gasteiger partial charge in [0, 0.05) is 5.03 Å². The van der Waals surface area contributed by atoms with Gasteiger partial charge in [-0.15, -0.1) is 0 Å². The number of hydrogen-bond acceptors (Lipinski definition) is 2. The van der Waals surface area contributed by atoms with E-state index in [0.29, 0.717) is 17.9 Å². The lowest BCUT2D eigenvalue weighted by Gasteiger charge is -2.16. The van der Waals surface area contributed by atoms with Crippen LogP contribution in [0.5, 0.6) is 0 Å². The first-order valence-corrected chi connectivity index (χ1v) is 4.38. The third-order valence-corrected chi connectivity index (χ3v) is 2.47. The first-order valence-electron chi connectivity index (χ1n) is 3.63. The Morgan fingerprint density at radius 2 is 1.92 bits per heavy atom. The van der Waals surface area contributed by atoms with Crippen LogP contribution in [-0.2, 0) is 9.53 Å². The molecule has 0 atom stereocenters. The number of ether oxygens (including phenoxy) is 1. The van der Waals surface area contributed by atoms with Crippen LogP contribution in [0.4, 0.5) is 0 Å². The number of methoxy groups -OCH3 is 1. The van der Waals surface area contributed by atoms with Gasteiger partial charge >= 0.3 is 5.97 Å². The molecule has 13 heavy (non-hydrogen) atoms. The molecule has 0 bridgehead atoms. The predicted octanol–water partition coefficient (Wildman–Crippen LogP) is 2.45. The molecule has 72 valence electrons. The summed E-state index contributed by atoms with van der Waals surface area (Å²) < 4.78 is 4.87. The summed E-state index contributed by atoms with van der Waals surface area (Å²) >= 11 is 11.5. The van der Waals surface area contributed by atoms with Crippen molar-refractivity contribution < 1.29 is 14.6 Å². The summed E-state index contributed by atoms with van der Waals surface area (Å²) in [4.78, 5) is 10.8. The largest absolute Gasteiger partial charge is 0.495 e. The van der Waals surface area contributed by atoms with Crippen LogP contribution < -0.4 is 0 Å². The number of rotatable bonds is 2. The molecule has 1 aliphatic rings. The fourth-order valence-corrected chi connectivity index (χ4v) is 1.67. The molecule has 0 unspecified atom stereocenters. The molecule has 0 aromatic rings. The van der Waals surface area contributed by atoms with Gasteiger partial charge < -0.3 is 9.84 Å². The Bertz CT molecular complexity index is 305. The van der Waals surface area contributed by atoms with Gasteiger partial charge in [-0.3, -0.25) is 0 Å². The van der Waals surface area contributed by atoms with Crippen molar-refractivity contribution >= 4 is 29.2 Å². The maximum absolute atomic E-state index is 10.8. The molecule has 0 saturated heterocycles. The Morgan fingerprint density at radius 3 is 2.31 bits per heavy atom. The van der Waals surface area contributed by atoms with Gasteiger partial charge in [-0.25, -0.2) is 4.79 Å². The molecule has 0 amide bonds. The van der Waals surface area contributed by atoms with Gasteiger partial charge in [0.15, 0.2) is 0 Å². The highest BCUT2D eigenvalue weighted by Crippen LogP contribution is 2.34. The average Bonchev–Trinajstić information content (AvgIpc) is 2.07. The zero-order chi connectivity index (χ0) is 10.0. The van der Waals surface area contributed by atoms with Gasteiger partial charge in [-0.05, 0) is 12.8 Å². The highest BCUT2D eigenvalue weighted by atomic mass is 35.5. The quantitative estimate of drug-likeness (QED) is 0.781. The number of carboxylic acid groups (broad SMARTS) is 1. The predicted molar refractivity (Wildman–Crippen MR) is 49.6 cm³/mol. The summed E-state index contributed by atoms with van der Waals surface area (Å²) in [6, 6.07) is 0. The highest BCUT2D eigenvalue weighted by molar-refractivity contribution is 6.34. The lowest BCUT2D eigenvalue weighted by Crippen LogP contribution is -2.11. The van der Waals surface area contributed by atoms with Gasteiger partial charge in [-0.2, -0.15) is 0 Å². The molecule has 0 aromatic heterocycles. The fourth-order valence-electron chi connectivity index (χ4n) is 1.14. The average molecular weight is 223 g/mol. The Hall–Kier alpha value is -0.670. The van der Waals surface area contributed by atoms with Crippen LogP contribution in [-0.4, -0.2) is 18.2 Å². The second kappa shape index (κ2) is 4.03. The van der Waals surface area contributed by atoms with Crippen LogP contribution >= 0.6 is 23.2 Å². The zero-order valence-corrected chi connectivity index (χ0v) is 8.45. The number of allylic oxidation sites excluding steroid dienone is 2. The van der Waals surface area contributed by atoms with E-state index < -0.39 is 5.97 Å². The monoisotopic (exact) mass is 222 g/mol. The van der Waals surface area contributed by atoms with Gasteiger partial charge in [-0.1, -0.05) is 23.2 Å². The summed E-state index contributed by atoms with van der Waals surface area (Å²) in [7, 11) is 1.37. The Morgan fingerprint density at radius 1 is 1.38 bits per heavy atom. The van der Waals surface area contributed by atoms with Crippen LogP contribution in [0.15, 0.2) is 21.4 Å².